The van der Waals surface area contributed by atoms with E-state index < -0.39 is 0 Å². The van der Waals surface area contributed by atoms with Crippen LogP contribution in [0.2, 0.25) is 0 Å². The van der Waals surface area contributed by atoms with Gasteiger partial charge in [0.15, 0.2) is 0 Å². The van der Waals surface area contributed by atoms with E-state index in [-0.39, 0.29) is 5.60 Å². The van der Waals surface area contributed by atoms with Crippen molar-refractivity contribution in [2.45, 2.75) is 12.0 Å². The molecule has 0 saturated heterocycles. The van der Waals surface area contributed by atoms with Crippen LogP contribution in [0.15, 0.2) is 54.6 Å². The number of rotatable bonds is 3. The number of hydrogen-bond donors (Lipinski definition) is 0. The van der Waals surface area contributed by atoms with E-state index in [9.17, 15) is 0 Å². The quantitative estimate of drug-likeness (QED) is 0.708. The summed E-state index contributed by atoms with van der Waals surface area (Å²) in [5.74, 6) is 1.32. The van der Waals surface area contributed by atoms with Crippen LogP contribution >= 0.6 is 11.6 Å². The number of alkyl halides is 1. The minimum Gasteiger partial charge on any atom is -0.482 e. The summed E-state index contributed by atoms with van der Waals surface area (Å²) in [6.45, 7) is 0. The first kappa shape index (κ1) is 10.3. The van der Waals surface area contributed by atoms with E-state index in [1.54, 1.807) is 0 Å². The molecule has 1 aliphatic rings. The zero-order valence-corrected chi connectivity index (χ0v) is 9.15. The highest BCUT2D eigenvalue weighted by atomic mass is 35.5. The van der Waals surface area contributed by atoms with Crippen molar-refractivity contribution in [3.8, 4) is 5.75 Å². The Hall–Kier alpha value is -1.21. The fourth-order valence-corrected chi connectivity index (χ4v) is 1.82. The summed E-state index contributed by atoms with van der Waals surface area (Å²) in [5, 5.41) is 0. The third-order valence-corrected chi connectivity index (χ3v) is 2.85. The van der Waals surface area contributed by atoms with Gasteiger partial charge in [-0.3, -0.25) is 0 Å². The lowest BCUT2D eigenvalue weighted by Crippen LogP contribution is -2.36. The average molecular weight is 221 g/mol. The van der Waals surface area contributed by atoms with E-state index in [0.717, 1.165) is 12.2 Å². The molecule has 1 nitrogen and oxygen atoms in total. The topological polar surface area (TPSA) is 9.23 Å². The van der Waals surface area contributed by atoms with Crippen LogP contribution in [0.3, 0.4) is 0 Å². The largest absolute Gasteiger partial charge is 0.482 e. The van der Waals surface area contributed by atoms with Gasteiger partial charge in [-0.2, -0.15) is 0 Å². The molecule has 1 unspecified atom stereocenters. The molecule has 0 heterocycles. The van der Waals surface area contributed by atoms with Crippen LogP contribution in [0.5, 0.6) is 5.75 Å². The van der Waals surface area contributed by atoms with Crippen LogP contribution in [0.25, 0.3) is 0 Å². The van der Waals surface area contributed by atoms with Crippen molar-refractivity contribution >= 4 is 11.6 Å². The number of halogens is 1. The van der Waals surface area contributed by atoms with Gasteiger partial charge in [-0.05, 0) is 18.2 Å². The molecule has 0 radical (unpaired) electrons. The first-order chi connectivity index (χ1) is 7.35. The number of benzene rings is 1. The molecule has 1 aliphatic carbocycles. The Balaban J connectivity index is 2.15. The summed E-state index contributed by atoms with van der Waals surface area (Å²) < 4.78 is 5.92. The highest BCUT2D eigenvalue weighted by Gasteiger charge is 2.28. The molecule has 15 heavy (non-hydrogen) atoms. The molecule has 0 aliphatic heterocycles. The molecule has 0 N–H and O–H groups in total. The van der Waals surface area contributed by atoms with Gasteiger partial charge in [0.2, 0.25) is 0 Å². The lowest BCUT2D eigenvalue weighted by Gasteiger charge is -2.30. The second-order valence-electron chi connectivity index (χ2n) is 3.60. The van der Waals surface area contributed by atoms with E-state index in [0.29, 0.717) is 5.88 Å². The van der Waals surface area contributed by atoms with Gasteiger partial charge in [0.1, 0.15) is 11.4 Å². The van der Waals surface area contributed by atoms with Crippen molar-refractivity contribution in [3.05, 3.63) is 54.6 Å². The van der Waals surface area contributed by atoms with Gasteiger partial charge in [-0.15, -0.1) is 11.6 Å². The zero-order valence-electron chi connectivity index (χ0n) is 8.40. The molecule has 0 aromatic heterocycles. The third-order valence-electron chi connectivity index (χ3n) is 2.40. The van der Waals surface area contributed by atoms with Crippen LogP contribution in [-0.4, -0.2) is 11.5 Å². The number of hydrogen-bond acceptors (Lipinski definition) is 1. The van der Waals surface area contributed by atoms with E-state index in [1.165, 1.54) is 0 Å². The number of para-hydroxylation sites is 1. The van der Waals surface area contributed by atoms with Crippen LogP contribution in [-0.2, 0) is 0 Å². The number of ether oxygens (including phenoxy) is 1. The molecule has 0 spiro atoms. The Bertz CT molecular complexity index is 369. The molecule has 2 heteroatoms. The van der Waals surface area contributed by atoms with Gasteiger partial charge in [-0.25, -0.2) is 0 Å². The van der Waals surface area contributed by atoms with Crippen molar-refractivity contribution in [3.63, 3.8) is 0 Å². The summed E-state index contributed by atoms with van der Waals surface area (Å²) in [4.78, 5) is 0. The monoisotopic (exact) mass is 220 g/mol. The highest BCUT2D eigenvalue weighted by Crippen LogP contribution is 2.26. The molecule has 1 aromatic rings. The van der Waals surface area contributed by atoms with Gasteiger partial charge in [-0.1, -0.05) is 36.4 Å². The smallest absolute Gasteiger partial charge is 0.144 e. The van der Waals surface area contributed by atoms with Crippen molar-refractivity contribution in [1.29, 1.82) is 0 Å². The Morgan fingerprint density at radius 1 is 1.20 bits per heavy atom. The fraction of sp³-hybridized carbons (Fsp3) is 0.231. The van der Waals surface area contributed by atoms with Gasteiger partial charge in [0.05, 0.1) is 5.88 Å². The third kappa shape index (κ3) is 2.42. The minimum absolute atomic E-state index is 0.377. The molecule has 0 amide bonds. The van der Waals surface area contributed by atoms with Crippen LogP contribution in [0, 0.1) is 0 Å². The molecule has 78 valence electrons. The van der Waals surface area contributed by atoms with E-state index in [4.69, 9.17) is 16.3 Å². The first-order valence-electron chi connectivity index (χ1n) is 4.99. The van der Waals surface area contributed by atoms with Crippen molar-refractivity contribution < 1.29 is 4.74 Å². The fourth-order valence-electron chi connectivity index (χ4n) is 1.57. The van der Waals surface area contributed by atoms with Gasteiger partial charge in [0, 0.05) is 6.42 Å². The highest BCUT2D eigenvalue weighted by molar-refractivity contribution is 6.18. The van der Waals surface area contributed by atoms with Crippen LogP contribution < -0.4 is 4.74 Å². The molecule has 1 atom stereocenters. The van der Waals surface area contributed by atoms with Crippen molar-refractivity contribution in [1.82, 2.24) is 0 Å². The lowest BCUT2D eigenvalue weighted by atomic mass is 9.97. The van der Waals surface area contributed by atoms with Crippen molar-refractivity contribution in [2.75, 3.05) is 5.88 Å². The van der Waals surface area contributed by atoms with E-state index in [2.05, 4.69) is 6.08 Å². The van der Waals surface area contributed by atoms with Gasteiger partial charge in [0.25, 0.3) is 0 Å². The van der Waals surface area contributed by atoms with Gasteiger partial charge < -0.3 is 4.74 Å². The second kappa shape index (κ2) is 4.54. The Labute approximate surface area is 95.0 Å². The maximum atomic E-state index is 5.98. The molecular weight excluding hydrogens is 208 g/mol. The summed E-state index contributed by atoms with van der Waals surface area (Å²) >= 11 is 5.98. The lowest BCUT2D eigenvalue weighted by molar-refractivity contribution is 0.146. The zero-order chi connectivity index (χ0) is 10.6. The summed E-state index contributed by atoms with van der Waals surface area (Å²) in [7, 11) is 0. The maximum absolute atomic E-state index is 5.98. The normalized spacial score (nSPS) is 24.1. The minimum atomic E-state index is -0.377. The maximum Gasteiger partial charge on any atom is 0.144 e. The van der Waals surface area contributed by atoms with E-state index >= 15 is 0 Å². The number of allylic oxidation sites excluding steroid dienone is 2. The summed E-state index contributed by atoms with van der Waals surface area (Å²) in [5.41, 5.74) is -0.377. The second-order valence-corrected chi connectivity index (χ2v) is 3.87. The first-order valence-corrected chi connectivity index (χ1v) is 5.52. The SMILES string of the molecule is ClCC1(Oc2ccccc2)C=CC=CC1. The van der Waals surface area contributed by atoms with E-state index in [1.807, 2.05) is 48.6 Å². The predicted octanol–water partition coefficient (Wildman–Crippen LogP) is 3.56. The molecule has 2 rings (SSSR count). The summed E-state index contributed by atoms with van der Waals surface area (Å²) in [6, 6.07) is 9.77. The molecule has 0 bridgehead atoms. The molecule has 0 fully saturated rings. The van der Waals surface area contributed by atoms with Crippen LogP contribution in [0.1, 0.15) is 6.42 Å². The Kier molecular flexibility index (Phi) is 3.12. The Morgan fingerprint density at radius 2 is 2.00 bits per heavy atom. The van der Waals surface area contributed by atoms with Crippen LogP contribution in [0.4, 0.5) is 0 Å². The predicted molar refractivity (Wildman–Crippen MR) is 63.4 cm³/mol. The van der Waals surface area contributed by atoms with Gasteiger partial charge >= 0.3 is 0 Å². The Morgan fingerprint density at radius 3 is 2.60 bits per heavy atom. The molecular formula is C13H13ClO. The standard InChI is InChI=1S/C13H13ClO/c14-11-13(9-5-2-6-10-13)15-12-7-3-1-4-8-12/h1-9H,10-11H2. The molecule has 0 saturated carbocycles. The average Bonchev–Trinajstić information content (AvgIpc) is 2.32. The van der Waals surface area contributed by atoms with Crippen molar-refractivity contribution in [2.24, 2.45) is 0 Å². The molecule has 1 aromatic carbocycles. The summed E-state index contributed by atoms with van der Waals surface area (Å²) in [6.07, 6.45) is 8.91.